The normalized spacial score (nSPS) is 12.8. The first-order valence-corrected chi connectivity index (χ1v) is 10.2. The van der Waals surface area contributed by atoms with Gasteiger partial charge in [-0.2, -0.15) is 4.31 Å². The van der Waals surface area contributed by atoms with Crippen LogP contribution in [0, 0.1) is 0 Å². The van der Waals surface area contributed by atoms with Crippen molar-refractivity contribution < 1.29 is 17.9 Å². The van der Waals surface area contributed by atoms with E-state index in [0.29, 0.717) is 23.7 Å². The molecule has 7 heteroatoms. The second-order valence-electron chi connectivity index (χ2n) is 5.68. The van der Waals surface area contributed by atoms with Gasteiger partial charge in [-0.25, -0.2) is 13.2 Å². The number of esters is 1. The summed E-state index contributed by atoms with van der Waals surface area (Å²) in [4.78, 5) is 12.5. The van der Waals surface area contributed by atoms with Gasteiger partial charge in [0.2, 0.25) is 10.0 Å². The molecule has 0 radical (unpaired) electrons. The summed E-state index contributed by atoms with van der Waals surface area (Å²) in [5, 5.41) is 0.522. The molecule has 0 unspecified atom stereocenters. The molecule has 0 amide bonds. The molecular formula is C19H22ClNO4S. The molecule has 140 valence electrons. The van der Waals surface area contributed by atoms with Gasteiger partial charge < -0.3 is 4.74 Å². The van der Waals surface area contributed by atoms with E-state index in [1.165, 1.54) is 28.6 Å². The van der Waals surface area contributed by atoms with Crippen LogP contribution in [0.3, 0.4) is 0 Å². The minimum atomic E-state index is -3.55. The van der Waals surface area contributed by atoms with Crippen molar-refractivity contribution in [1.82, 2.24) is 4.31 Å². The van der Waals surface area contributed by atoms with Crippen LogP contribution in [0.15, 0.2) is 53.4 Å². The third kappa shape index (κ3) is 4.44. The molecule has 0 saturated carbocycles. The topological polar surface area (TPSA) is 63.7 Å². The van der Waals surface area contributed by atoms with Crippen molar-refractivity contribution in [3.05, 3.63) is 64.7 Å². The first-order valence-electron chi connectivity index (χ1n) is 8.36. The Hall–Kier alpha value is -1.89. The average molecular weight is 396 g/mol. The minimum Gasteiger partial charge on any atom is -0.454 e. The zero-order valence-electron chi connectivity index (χ0n) is 15.0. The summed E-state index contributed by atoms with van der Waals surface area (Å²) < 4.78 is 31.7. The van der Waals surface area contributed by atoms with Gasteiger partial charge >= 0.3 is 5.97 Å². The molecule has 0 fully saturated rings. The Morgan fingerprint density at radius 1 is 1.08 bits per heavy atom. The highest BCUT2D eigenvalue weighted by Gasteiger charge is 2.22. The van der Waals surface area contributed by atoms with E-state index in [9.17, 15) is 13.2 Å². The number of hydrogen-bond donors (Lipinski definition) is 0. The fraction of sp³-hybridized carbons (Fsp3) is 0.316. The third-order valence-corrected chi connectivity index (χ3v) is 6.47. The van der Waals surface area contributed by atoms with Crippen molar-refractivity contribution in [3.63, 3.8) is 0 Å². The summed E-state index contributed by atoms with van der Waals surface area (Å²) in [5.41, 5.74) is 0.991. The molecule has 2 aromatic rings. The highest BCUT2D eigenvalue weighted by Crippen LogP contribution is 2.26. The van der Waals surface area contributed by atoms with Gasteiger partial charge in [0.25, 0.3) is 0 Å². The molecule has 0 N–H and O–H groups in total. The molecule has 0 saturated heterocycles. The fourth-order valence-corrected chi connectivity index (χ4v) is 4.32. The summed E-state index contributed by atoms with van der Waals surface area (Å²) in [6.45, 7) is 6.07. The highest BCUT2D eigenvalue weighted by molar-refractivity contribution is 7.89. The van der Waals surface area contributed by atoms with Crippen LogP contribution in [-0.2, 0) is 14.8 Å². The van der Waals surface area contributed by atoms with E-state index in [1.54, 1.807) is 39.0 Å². The van der Waals surface area contributed by atoms with Gasteiger partial charge in [-0.15, -0.1) is 0 Å². The van der Waals surface area contributed by atoms with Crippen molar-refractivity contribution in [2.45, 2.75) is 31.8 Å². The van der Waals surface area contributed by atoms with Crippen molar-refractivity contribution >= 4 is 27.6 Å². The van der Waals surface area contributed by atoms with E-state index in [-0.39, 0.29) is 10.5 Å². The lowest BCUT2D eigenvalue weighted by Gasteiger charge is -2.18. The smallest absolute Gasteiger partial charge is 0.338 e. The zero-order chi connectivity index (χ0) is 19.3. The van der Waals surface area contributed by atoms with Crippen LogP contribution < -0.4 is 0 Å². The predicted octanol–water partition coefficient (Wildman–Crippen LogP) is 4.29. The fourth-order valence-electron chi connectivity index (χ4n) is 2.57. The van der Waals surface area contributed by atoms with Crippen LogP contribution in [0.25, 0.3) is 0 Å². The van der Waals surface area contributed by atoms with Crippen LogP contribution in [0.4, 0.5) is 0 Å². The zero-order valence-corrected chi connectivity index (χ0v) is 16.5. The monoisotopic (exact) mass is 395 g/mol. The highest BCUT2D eigenvalue weighted by atomic mass is 35.5. The van der Waals surface area contributed by atoms with E-state index >= 15 is 0 Å². The molecule has 0 heterocycles. The lowest BCUT2D eigenvalue weighted by atomic mass is 10.1. The number of carbonyl (C=O) groups is 1. The summed E-state index contributed by atoms with van der Waals surface area (Å²) in [7, 11) is -3.55. The number of benzene rings is 2. The first-order chi connectivity index (χ1) is 12.3. The van der Waals surface area contributed by atoms with Gasteiger partial charge in [0.05, 0.1) is 10.5 Å². The number of nitrogens with zero attached hydrogens (tertiary/aromatic N) is 1. The number of ether oxygens (including phenoxy) is 1. The molecule has 2 rings (SSSR count). The van der Waals surface area contributed by atoms with Crippen molar-refractivity contribution in [2.75, 3.05) is 13.1 Å². The van der Waals surface area contributed by atoms with Crippen LogP contribution >= 0.6 is 11.6 Å². The van der Waals surface area contributed by atoms with E-state index in [1.807, 2.05) is 6.07 Å². The second-order valence-corrected chi connectivity index (χ2v) is 8.03. The maximum Gasteiger partial charge on any atom is 0.338 e. The van der Waals surface area contributed by atoms with E-state index < -0.39 is 22.1 Å². The molecule has 5 nitrogen and oxygen atoms in total. The molecule has 0 spiro atoms. The van der Waals surface area contributed by atoms with Gasteiger partial charge in [0.15, 0.2) is 0 Å². The average Bonchev–Trinajstić information content (AvgIpc) is 2.62. The van der Waals surface area contributed by atoms with Gasteiger partial charge in [-0.3, -0.25) is 0 Å². The van der Waals surface area contributed by atoms with E-state index in [2.05, 4.69) is 0 Å². The summed E-state index contributed by atoms with van der Waals surface area (Å²) in [5.74, 6) is -0.538. The Bertz CT molecular complexity index is 861. The minimum absolute atomic E-state index is 0.150. The molecular weight excluding hydrogens is 374 g/mol. The Morgan fingerprint density at radius 3 is 2.19 bits per heavy atom. The molecule has 0 aliphatic rings. The molecule has 0 aliphatic heterocycles. The lowest BCUT2D eigenvalue weighted by Crippen LogP contribution is -2.30. The van der Waals surface area contributed by atoms with Crippen molar-refractivity contribution in [2.24, 2.45) is 0 Å². The standard InChI is InChI=1S/C19H22ClNO4S/c1-4-21(5-2)26(23,24)16-12-10-15(11-13-16)19(22)25-14(3)17-8-6-7-9-18(17)20/h6-14H,4-5H2,1-3H3/t14-/m1/s1. The van der Waals surface area contributed by atoms with Crippen LogP contribution in [0.1, 0.15) is 42.8 Å². The molecule has 26 heavy (non-hydrogen) atoms. The molecule has 0 aliphatic carbocycles. The second kappa shape index (κ2) is 8.66. The summed E-state index contributed by atoms with van der Waals surface area (Å²) in [6, 6.07) is 12.9. The number of rotatable bonds is 7. The number of carbonyl (C=O) groups excluding carboxylic acids is 1. The maximum absolute atomic E-state index is 12.5. The van der Waals surface area contributed by atoms with E-state index in [0.717, 1.165) is 0 Å². The Balaban J connectivity index is 2.15. The summed E-state index contributed by atoms with van der Waals surface area (Å²) in [6.07, 6.45) is -0.518. The number of sulfonamides is 1. The van der Waals surface area contributed by atoms with Crippen molar-refractivity contribution in [3.8, 4) is 0 Å². The molecule has 1 atom stereocenters. The molecule has 2 aromatic carbocycles. The van der Waals surface area contributed by atoms with Gasteiger partial charge in [0, 0.05) is 23.7 Å². The number of hydrogen-bond acceptors (Lipinski definition) is 4. The van der Waals surface area contributed by atoms with E-state index in [4.69, 9.17) is 16.3 Å². The van der Waals surface area contributed by atoms with Gasteiger partial charge in [-0.1, -0.05) is 43.6 Å². The molecule has 0 bridgehead atoms. The van der Waals surface area contributed by atoms with Crippen LogP contribution in [0.5, 0.6) is 0 Å². The Labute approximate surface area is 159 Å². The first kappa shape index (κ1) is 20.4. The van der Waals surface area contributed by atoms with Crippen molar-refractivity contribution in [1.29, 1.82) is 0 Å². The Kier molecular flexibility index (Phi) is 6.81. The van der Waals surface area contributed by atoms with Crippen LogP contribution in [-0.4, -0.2) is 31.8 Å². The van der Waals surface area contributed by atoms with Gasteiger partial charge in [-0.05, 0) is 37.3 Å². The number of halogens is 1. The third-order valence-electron chi connectivity index (χ3n) is 4.06. The quantitative estimate of drug-likeness (QED) is 0.656. The maximum atomic E-state index is 12.5. The Morgan fingerprint density at radius 2 is 1.65 bits per heavy atom. The lowest BCUT2D eigenvalue weighted by molar-refractivity contribution is 0.0338. The largest absolute Gasteiger partial charge is 0.454 e. The van der Waals surface area contributed by atoms with Gasteiger partial charge in [0.1, 0.15) is 6.10 Å². The predicted molar refractivity (Wildman–Crippen MR) is 102 cm³/mol. The molecule has 0 aromatic heterocycles. The summed E-state index contributed by atoms with van der Waals surface area (Å²) >= 11 is 6.11. The SMILES string of the molecule is CCN(CC)S(=O)(=O)c1ccc(C(=O)O[C@H](C)c2ccccc2Cl)cc1. The van der Waals surface area contributed by atoms with Crippen LogP contribution in [0.2, 0.25) is 5.02 Å².